The van der Waals surface area contributed by atoms with E-state index in [1.54, 1.807) is 0 Å². The summed E-state index contributed by atoms with van der Waals surface area (Å²) in [5, 5.41) is 0. The van der Waals surface area contributed by atoms with Gasteiger partial charge >= 0.3 is 5.97 Å². The Kier molecular flexibility index (Phi) is 3.53. The zero-order valence-corrected chi connectivity index (χ0v) is 9.67. The van der Waals surface area contributed by atoms with Gasteiger partial charge in [0.15, 0.2) is 0 Å². The van der Waals surface area contributed by atoms with Crippen LogP contribution in [0.4, 0.5) is 0 Å². The molecule has 0 aromatic rings. The number of ether oxygens (including phenoxy) is 1. The van der Waals surface area contributed by atoms with Gasteiger partial charge in [-0.1, -0.05) is 6.92 Å². The highest BCUT2D eigenvalue weighted by Crippen LogP contribution is 2.22. The van der Waals surface area contributed by atoms with Crippen LogP contribution in [-0.4, -0.2) is 35.6 Å². The summed E-state index contributed by atoms with van der Waals surface area (Å²) in [6.07, 6.45) is 1.57. The minimum atomic E-state index is -0.0780. The van der Waals surface area contributed by atoms with Crippen LogP contribution < -0.4 is 0 Å². The van der Waals surface area contributed by atoms with E-state index >= 15 is 0 Å². The first-order valence-electron chi connectivity index (χ1n) is 5.38. The van der Waals surface area contributed by atoms with Gasteiger partial charge in [0.05, 0.1) is 0 Å². The minimum absolute atomic E-state index is 0.0780. The molecule has 0 radical (unpaired) electrons. The highest BCUT2D eigenvalue weighted by atomic mass is 16.5. The van der Waals surface area contributed by atoms with E-state index in [1.165, 1.54) is 0 Å². The summed E-state index contributed by atoms with van der Waals surface area (Å²) >= 11 is 0. The maximum absolute atomic E-state index is 11.1. The van der Waals surface area contributed by atoms with Crippen molar-refractivity contribution in [3.8, 4) is 0 Å². The van der Waals surface area contributed by atoms with Crippen molar-refractivity contribution in [2.45, 2.75) is 52.2 Å². The van der Waals surface area contributed by atoms with Gasteiger partial charge in [-0.3, -0.25) is 9.69 Å². The van der Waals surface area contributed by atoms with Gasteiger partial charge in [-0.15, -0.1) is 0 Å². The highest BCUT2D eigenvalue weighted by Gasteiger charge is 2.31. The van der Waals surface area contributed by atoms with Gasteiger partial charge in [-0.25, -0.2) is 0 Å². The fourth-order valence-corrected chi connectivity index (χ4v) is 1.70. The van der Waals surface area contributed by atoms with Gasteiger partial charge in [0.25, 0.3) is 0 Å². The minimum Gasteiger partial charge on any atom is -0.461 e. The molecule has 0 spiro atoms. The van der Waals surface area contributed by atoms with Crippen LogP contribution in [0.25, 0.3) is 0 Å². The molecule has 1 heterocycles. The molecule has 14 heavy (non-hydrogen) atoms. The fourth-order valence-electron chi connectivity index (χ4n) is 1.70. The molecule has 3 nitrogen and oxygen atoms in total. The van der Waals surface area contributed by atoms with E-state index < -0.39 is 0 Å². The van der Waals surface area contributed by atoms with Crippen molar-refractivity contribution in [3.05, 3.63) is 0 Å². The molecule has 1 saturated heterocycles. The Bertz CT molecular complexity index is 208. The molecule has 0 aromatic carbocycles. The Labute approximate surface area is 86.4 Å². The molecule has 0 N–H and O–H groups in total. The van der Waals surface area contributed by atoms with Crippen LogP contribution in [0.3, 0.4) is 0 Å². The van der Waals surface area contributed by atoms with E-state index in [-0.39, 0.29) is 17.6 Å². The summed E-state index contributed by atoms with van der Waals surface area (Å²) < 4.78 is 5.31. The molecule has 0 aliphatic carbocycles. The molecule has 0 amide bonds. The zero-order valence-electron chi connectivity index (χ0n) is 9.67. The fraction of sp³-hybridized carbons (Fsp3) is 0.909. The standard InChI is InChI=1S/C11H21NO2/c1-5-10(13)14-9-6-7-12(8-9)11(2,3)4/h9H,5-8H2,1-4H3. The van der Waals surface area contributed by atoms with Crippen molar-refractivity contribution in [1.82, 2.24) is 4.90 Å². The molecule has 1 fully saturated rings. The van der Waals surface area contributed by atoms with Crippen molar-refractivity contribution in [2.75, 3.05) is 13.1 Å². The normalized spacial score (nSPS) is 23.9. The maximum atomic E-state index is 11.1. The molecule has 0 saturated carbocycles. The number of likely N-dealkylation sites (tertiary alicyclic amines) is 1. The molecule has 3 heteroatoms. The Balaban J connectivity index is 2.38. The van der Waals surface area contributed by atoms with Crippen LogP contribution in [0.15, 0.2) is 0 Å². The van der Waals surface area contributed by atoms with Crippen molar-refractivity contribution in [3.63, 3.8) is 0 Å². The van der Waals surface area contributed by atoms with E-state index in [1.807, 2.05) is 6.92 Å². The number of hydrogen-bond donors (Lipinski definition) is 0. The Morgan fingerprint density at radius 3 is 2.57 bits per heavy atom. The van der Waals surface area contributed by atoms with Crippen LogP contribution in [0.1, 0.15) is 40.5 Å². The first kappa shape index (κ1) is 11.5. The molecular weight excluding hydrogens is 178 g/mol. The first-order valence-corrected chi connectivity index (χ1v) is 5.38. The van der Waals surface area contributed by atoms with Gasteiger partial charge in [-0.05, 0) is 27.2 Å². The molecule has 0 aromatic heterocycles. The molecule has 0 bridgehead atoms. The topological polar surface area (TPSA) is 29.5 Å². The van der Waals surface area contributed by atoms with E-state index in [0.717, 1.165) is 19.5 Å². The third-order valence-electron chi connectivity index (χ3n) is 2.68. The van der Waals surface area contributed by atoms with Crippen LogP contribution in [-0.2, 0) is 9.53 Å². The summed E-state index contributed by atoms with van der Waals surface area (Å²) in [5.74, 6) is -0.0780. The Morgan fingerprint density at radius 2 is 2.14 bits per heavy atom. The predicted octanol–water partition coefficient (Wildman–Crippen LogP) is 1.81. The summed E-state index contributed by atoms with van der Waals surface area (Å²) in [6.45, 7) is 10.3. The van der Waals surface area contributed by atoms with Crippen LogP contribution in [0.2, 0.25) is 0 Å². The molecule has 1 unspecified atom stereocenters. The van der Waals surface area contributed by atoms with Crippen molar-refractivity contribution < 1.29 is 9.53 Å². The molecule has 1 atom stereocenters. The van der Waals surface area contributed by atoms with Crippen molar-refractivity contribution >= 4 is 5.97 Å². The number of esters is 1. The van der Waals surface area contributed by atoms with E-state index in [2.05, 4.69) is 25.7 Å². The van der Waals surface area contributed by atoms with E-state index in [4.69, 9.17) is 4.74 Å². The lowest BCUT2D eigenvalue weighted by Gasteiger charge is -2.31. The third kappa shape index (κ3) is 2.98. The van der Waals surface area contributed by atoms with Crippen molar-refractivity contribution in [1.29, 1.82) is 0 Å². The lowest BCUT2D eigenvalue weighted by Crippen LogP contribution is -2.40. The van der Waals surface area contributed by atoms with Crippen LogP contribution in [0, 0.1) is 0 Å². The highest BCUT2D eigenvalue weighted by molar-refractivity contribution is 5.69. The lowest BCUT2D eigenvalue weighted by atomic mass is 10.1. The molecule has 82 valence electrons. The van der Waals surface area contributed by atoms with Gasteiger partial charge in [0.1, 0.15) is 6.10 Å². The Morgan fingerprint density at radius 1 is 1.50 bits per heavy atom. The number of nitrogens with zero attached hydrogens (tertiary/aromatic N) is 1. The van der Waals surface area contributed by atoms with E-state index in [0.29, 0.717) is 6.42 Å². The smallest absolute Gasteiger partial charge is 0.305 e. The number of carbonyl (C=O) groups is 1. The van der Waals surface area contributed by atoms with Gasteiger partial charge in [0.2, 0.25) is 0 Å². The number of hydrogen-bond acceptors (Lipinski definition) is 3. The van der Waals surface area contributed by atoms with Gasteiger partial charge in [0, 0.05) is 25.0 Å². The van der Waals surface area contributed by atoms with Crippen molar-refractivity contribution in [2.24, 2.45) is 0 Å². The SMILES string of the molecule is CCC(=O)OC1CCN(C(C)(C)C)C1. The Hall–Kier alpha value is -0.570. The zero-order chi connectivity index (χ0) is 10.8. The summed E-state index contributed by atoms with van der Waals surface area (Å²) in [6, 6.07) is 0. The number of carbonyl (C=O) groups excluding carboxylic acids is 1. The van der Waals surface area contributed by atoms with Gasteiger partial charge < -0.3 is 4.74 Å². The molecule has 1 aliphatic heterocycles. The molecular formula is C11H21NO2. The predicted molar refractivity (Wildman–Crippen MR) is 56.1 cm³/mol. The first-order chi connectivity index (χ1) is 6.43. The molecule has 1 rings (SSSR count). The quantitative estimate of drug-likeness (QED) is 0.635. The second-order valence-corrected chi connectivity index (χ2v) is 4.87. The van der Waals surface area contributed by atoms with Crippen LogP contribution >= 0.6 is 0 Å². The average Bonchev–Trinajstić information content (AvgIpc) is 2.51. The number of rotatable bonds is 2. The second kappa shape index (κ2) is 4.30. The monoisotopic (exact) mass is 199 g/mol. The average molecular weight is 199 g/mol. The summed E-state index contributed by atoms with van der Waals surface area (Å²) in [4.78, 5) is 13.4. The van der Waals surface area contributed by atoms with Gasteiger partial charge in [-0.2, -0.15) is 0 Å². The maximum Gasteiger partial charge on any atom is 0.305 e. The lowest BCUT2D eigenvalue weighted by molar-refractivity contribution is -0.148. The van der Waals surface area contributed by atoms with Crippen LogP contribution in [0.5, 0.6) is 0 Å². The van der Waals surface area contributed by atoms with E-state index in [9.17, 15) is 4.79 Å². The largest absolute Gasteiger partial charge is 0.461 e. The third-order valence-corrected chi connectivity index (χ3v) is 2.68. The summed E-state index contributed by atoms with van der Waals surface area (Å²) in [7, 11) is 0. The second-order valence-electron chi connectivity index (χ2n) is 4.87. The molecule has 1 aliphatic rings. The summed E-state index contributed by atoms with van der Waals surface area (Å²) in [5.41, 5.74) is 0.188.